The lowest BCUT2D eigenvalue weighted by Crippen LogP contribution is -2.28. The van der Waals surface area contributed by atoms with Gasteiger partial charge in [0.15, 0.2) is 11.5 Å². The first-order chi connectivity index (χ1) is 15.1. The van der Waals surface area contributed by atoms with Crippen molar-refractivity contribution in [3.63, 3.8) is 0 Å². The lowest BCUT2D eigenvalue weighted by atomic mass is 10.1. The van der Waals surface area contributed by atoms with Crippen molar-refractivity contribution in [2.45, 2.75) is 13.5 Å². The standard InChI is InChI=1S/C24H21FN2O4/c1-2-29-21-10-3-6-16-12-18(15-30-22(16)21)23(28)27-14-17-7-5-11-26-24(17)31-20-9-4-8-19(25)13-20/h3-13H,2,14-15H2,1H3,(H,27,28). The Morgan fingerprint density at radius 3 is 2.90 bits per heavy atom. The molecule has 0 unspecified atom stereocenters. The largest absolute Gasteiger partial charge is 0.490 e. The van der Waals surface area contributed by atoms with Gasteiger partial charge >= 0.3 is 0 Å². The fraction of sp³-hybridized carbons (Fsp3) is 0.167. The Balaban J connectivity index is 1.46. The van der Waals surface area contributed by atoms with Gasteiger partial charge in [0.05, 0.1) is 12.2 Å². The smallest absolute Gasteiger partial charge is 0.250 e. The van der Waals surface area contributed by atoms with Gasteiger partial charge in [0.1, 0.15) is 18.2 Å². The van der Waals surface area contributed by atoms with E-state index < -0.39 is 5.82 Å². The number of halogens is 1. The number of nitrogens with one attached hydrogen (secondary N) is 1. The number of pyridine rings is 1. The molecule has 1 aliphatic heterocycles. The van der Waals surface area contributed by atoms with Crippen LogP contribution in [0.15, 0.2) is 66.4 Å². The van der Waals surface area contributed by atoms with E-state index >= 15 is 0 Å². The normalized spacial score (nSPS) is 12.3. The summed E-state index contributed by atoms with van der Waals surface area (Å²) in [6.07, 6.45) is 3.37. The quantitative estimate of drug-likeness (QED) is 0.609. The lowest BCUT2D eigenvalue weighted by molar-refractivity contribution is -0.117. The van der Waals surface area contributed by atoms with Crippen LogP contribution in [-0.2, 0) is 11.3 Å². The Labute approximate surface area is 179 Å². The van der Waals surface area contributed by atoms with Crippen LogP contribution < -0.4 is 19.5 Å². The third-order valence-electron chi connectivity index (χ3n) is 4.60. The molecule has 0 saturated heterocycles. The van der Waals surface area contributed by atoms with Crippen molar-refractivity contribution in [3.05, 3.63) is 83.3 Å². The van der Waals surface area contributed by atoms with Gasteiger partial charge in [0.2, 0.25) is 5.88 Å². The topological polar surface area (TPSA) is 69.7 Å². The molecule has 1 N–H and O–H groups in total. The van der Waals surface area contributed by atoms with E-state index in [1.54, 1.807) is 36.5 Å². The minimum Gasteiger partial charge on any atom is -0.490 e. The van der Waals surface area contributed by atoms with Crippen molar-refractivity contribution in [2.75, 3.05) is 13.2 Å². The monoisotopic (exact) mass is 420 g/mol. The molecule has 2 aromatic carbocycles. The zero-order valence-corrected chi connectivity index (χ0v) is 16.9. The van der Waals surface area contributed by atoms with Gasteiger partial charge in [-0.15, -0.1) is 0 Å². The van der Waals surface area contributed by atoms with Crippen molar-refractivity contribution >= 4 is 12.0 Å². The molecular formula is C24H21FN2O4. The highest BCUT2D eigenvalue weighted by atomic mass is 19.1. The predicted octanol–water partition coefficient (Wildman–Crippen LogP) is 4.50. The third kappa shape index (κ3) is 4.83. The van der Waals surface area contributed by atoms with Crippen molar-refractivity contribution in [1.82, 2.24) is 10.3 Å². The Morgan fingerprint density at radius 1 is 1.19 bits per heavy atom. The van der Waals surface area contributed by atoms with Gasteiger partial charge in [-0.25, -0.2) is 9.37 Å². The second-order valence-corrected chi connectivity index (χ2v) is 6.78. The summed E-state index contributed by atoms with van der Waals surface area (Å²) < 4.78 is 30.5. The summed E-state index contributed by atoms with van der Waals surface area (Å²) in [6.45, 7) is 2.77. The number of hydrogen-bond donors (Lipinski definition) is 1. The number of ether oxygens (including phenoxy) is 3. The van der Waals surface area contributed by atoms with Crippen LogP contribution >= 0.6 is 0 Å². The molecule has 0 bridgehead atoms. The predicted molar refractivity (Wildman–Crippen MR) is 114 cm³/mol. The first-order valence-corrected chi connectivity index (χ1v) is 9.88. The Morgan fingerprint density at radius 2 is 2.06 bits per heavy atom. The number of hydrogen-bond acceptors (Lipinski definition) is 5. The maximum absolute atomic E-state index is 13.4. The minimum atomic E-state index is -0.403. The number of carbonyl (C=O) groups is 1. The Bertz CT molecular complexity index is 1130. The van der Waals surface area contributed by atoms with Crippen LogP contribution in [0.5, 0.6) is 23.1 Å². The second kappa shape index (κ2) is 9.30. The van der Waals surface area contributed by atoms with E-state index in [0.717, 1.165) is 5.56 Å². The molecule has 0 fully saturated rings. The maximum atomic E-state index is 13.4. The number of fused-ring (bicyclic) bond motifs is 1. The average Bonchev–Trinajstić information content (AvgIpc) is 2.78. The molecule has 1 aliphatic rings. The molecule has 3 aromatic rings. The summed E-state index contributed by atoms with van der Waals surface area (Å²) in [5.41, 5.74) is 1.95. The van der Waals surface area contributed by atoms with Crippen LogP contribution in [0.25, 0.3) is 6.08 Å². The van der Waals surface area contributed by atoms with Gasteiger partial charge in [-0.05, 0) is 37.3 Å². The molecule has 6 nitrogen and oxygen atoms in total. The maximum Gasteiger partial charge on any atom is 0.250 e. The molecular weight excluding hydrogens is 399 g/mol. The van der Waals surface area contributed by atoms with Crippen molar-refractivity contribution in [1.29, 1.82) is 0 Å². The van der Waals surface area contributed by atoms with Gasteiger partial charge in [-0.2, -0.15) is 0 Å². The SMILES string of the molecule is CCOc1cccc2c1OCC(C(=O)NCc1cccnc1Oc1cccc(F)c1)=C2. The van der Waals surface area contributed by atoms with Crippen LogP contribution in [0.1, 0.15) is 18.1 Å². The molecule has 1 amide bonds. The molecule has 0 aliphatic carbocycles. The van der Waals surface area contributed by atoms with Crippen molar-refractivity contribution in [3.8, 4) is 23.1 Å². The first kappa shape index (κ1) is 20.4. The fourth-order valence-electron chi connectivity index (χ4n) is 3.16. The number of nitrogens with zero attached hydrogens (tertiary/aromatic N) is 1. The molecule has 7 heteroatoms. The van der Waals surface area contributed by atoms with E-state index in [9.17, 15) is 9.18 Å². The zero-order valence-electron chi connectivity index (χ0n) is 16.9. The van der Waals surface area contributed by atoms with Gasteiger partial charge in [0.25, 0.3) is 5.91 Å². The summed E-state index contributed by atoms with van der Waals surface area (Å²) >= 11 is 0. The van der Waals surface area contributed by atoms with Crippen LogP contribution in [0, 0.1) is 5.82 Å². The van der Waals surface area contributed by atoms with E-state index in [4.69, 9.17) is 14.2 Å². The Kier molecular flexibility index (Phi) is 6.12. The summed E-state index contributed by atoms with van der Waals surface area (Å²) in [6, 6.07) is 14.9. The van der Waals surface area contributed by atoms with Crippen LogP contribution in [0.2, 0.25) is 0 Å². The summed E-state index contributed by atoms with van der Waals surface area (Å²) in [5, 5.41) is 2.86. The number of amides is 1. The van der Waals surface area contributed by atoms with E-state index in [-0.39, 0.29) is 19.1 Å². The molecule has 0 atom stereocenters. The lowest BCUT2D eigenvalue weighted by Gasteiger charge is -2.20. The van der Waals surface area contributed by atoms with E-state index in [1.165, 1.54) is 12.1 Å². The average molecular weight is 420 g/mol. The number of rotatable bonds is 7. The zero-order chi connectivity index (χ0) is 21.6. The molecule has 0 spiro atoms. The number of aromatic nitrogens is 1. The summed E-state index contributed by atoms with van der Waals surface area (Å²) in [5.74, 6) is 1.27. The molecule has 2 heterocycles. The molecule has 0 saturated carbocycles. The van der Waals surface area contributed by atoms with E-state index in [2.05, 4.69) is 10.3 Å². The van der Waals surface area contributed by atoms with Crippen LogP contribution in [-0.4, -0.2) is 24.1 Å². The van der Waals surface area contributed by atoms with Crippen LogP contribution in [0.4, 0.5) is 4.39 Å². The summed E-state index contributed by atoms with van der Waals surface area (Å²) in [4.78, 5) is 16.9. The van der Waals surface area contributed by atoms with E-state index in [1.807, 2.05) is 25.1 Å². The van der Waals surface area contributed by atoms with Gasteiger partial charge in [-0.1, -0.05) is 24.3 Å². The third-order valence-corrected chi connectivity index (χ3v) is 4.60. The molecule has 31 heavy (non-hydrogen) atoms. The first-order valence-electron chi connectivity index (χ1n) is 9.88. The van der Waals surface area contributed by atoms with Crippen LogP contribution in [0.3, 0.4) is 0 Å². The minimum absolute atomic E-state index is 0.141. The second-order valence-electron chi connectivity index (χ2n) is 6.78. The highest BCUT2D eigenvalue weighted by Gasteiger charge is 2.20. The highest BCUT2D eigenvalue weighted by Crippen LogP contribution is 2.35. The van der Waals surface area contributed by atoms with Gasteiger partial charge in [-0.3, -0.25) is 4.79 Å². The van der Waals surface area contributed by atoms with Gasteiger partial charge in [0, 0.05) is 29.9 Å². The van der Waals surface area contributed by atoms with Crippen molar-refractivity contribution < 1.29 is 23.4 Å². The van der Waals surface area contributed by atoms with E-state index in [0.29, 0.717) is 40.9 Å². The molecule has 4 rings (SSSR count). The number of carbonyl (C=O) groups excluding carboxylic acids is 1. The number of para-hydroxylation sites is 1. The molecule has 0 radical (unpaired) electrons. The highest BCUT2D eigenvalue weighted by molar-refractivity contribution is 5.99. The number of benzene rings is 2. The van der Waals surface area contributed by atoms with Crippen molar-refractivity contribution in [2.24, 2.45) is 0 Å². The van der Waals surface area contributed by atoms with Gasteiger partial charge < -0.3 is 19.5 Å². The Hall–Kier alpha value is -3.87. The fourth-order valence-corrected chi connectivity index (χ4v) is 3.16. The summed E-state index contributed by atoms with van der Waals surface area (Å²) in [7, 11) is 0. The molecule has 158 valence electrons. The molecule has 1 aromatic heterocycles.